The van der Waals surface area contributed by atoms with E-state index in [0.717, 1.165) is 31.6 Å². The molecule has 3 aliphatic carbocycles. The summed E-state index contributed by atoms with van der Waals surface area (Å²) in [5, 5.41) is 7.53. The summed E-state index contributed by atoms with van der Waals surface area (Å²) < 4.78 is 6.00. The van der Waals surface area contributed by atoms with Crippen molar-refractivity contribution in [2.24, 2.45) is 10.4 Å². The quantitative estimate of drug-likeness (QED) is 0.352. The maximum atomic E-state index is 6.00. The molecule has 4 aliphatic rings. The molecule has 4 unspecified atom stereocenters. The Kier molecular flexibility index (Phi) is 6.76. The predicted octanol–water partition coefficient (Wildman–Crippen LogP) is 3.13. The first-order chi connectivity index (χ1) is 12.2. The molecule has 4 rings (SSSR count). The van der Waals surface area contributed by atoms with Crippen molar-refractivity contribution in [1.29, 1.82) is 0 Å². The minimum absolute atomic E-state index is 0. The third-order valence-electron chi connectivity index (χ3n) is 7.04. The maximum absolute atomic E-state index is 6.00. The molecule has 6 heteroatoms. The molecule has 26 heavy (non-hydrogen) atoms. The summed E-state index contributed by atoms with van der Waals surface area (Å²) in [4.78, 5) is 7.45. The number of guanidine groups is 1. The Morgan fingerprint density at radius 3 is 2.54 bits per heavy atom. The summed E-state index contributed by atoms with van der Waals surface area (Å²) >= 11 is 0. The molecule has 0 bridgehead atoms. The van der Waals surface area contributed by atoms with Gasteiger partial charge in [-0.15, -0.1) is 24.0 Å². The number of nitrogens with zero attached hydrogens (tertiary/aromatic N) is 2. The molecular weight excluding hydrogens is 439 g/mol. The van der Waals surface area contributed by atoms with Gasteiger partial charge >= 0.3 is 0 Å². The number of ether oxygens (including phenoxy) is 1. The summed E-state index contributed by atoms with van der Waals surface area (Å²) in [5.74, 6) is 1.03. The van der Waals surface area contributed by atoms with Crippen molar-refractivity contribution in [3.8, 4) is 0 Å². The molecule has 0 aromatic carbocycles. The van der Waals surface area contributed by atoms with Gasteiger partial charge in [-0.05, 0) is 59.3 Å². The second-order valence-electron chi connectivity index (χ2n) is 8.64. The fourth-order valence-corrected chi connectivity index (χ4v) is 5.37. The van der Waals surface area contributed by atoms with Gasteiger partial charge in [-0.25, -0.2) is 0 Å². The monoisotopic (exact) mass is 476 g/mol. The zero-order valence-electron chi connectivity index (χ0n) is 16.7. The second-order valence-corrected chi connectivity index (χ2v) is 8.64. The normalized spacial score (nSPS) is 36.2. The molecule has 2 N–H and O–H groups in total. The smallest absolute Gasteiger partial charge is 0.191 e. The van der Waals surface area contributed by atoms with Crippen LogP contribution in [0.4, 0.5) is 0 Å². The average molecular weight is 476 g/mol. The van der Waals surface area contributed by atoms with Gasteiger partial charge in [0.1, 0.15) is 0 Å². The molecule has 0 amide bonds. The van der Waals surface area contributed by atoms with Crippen molar-refractivity contribution in [1.82, 2.24) is 15.5 Å². The van der Waals surface area contributed by atoms with E-state index >= 15 is 0 Å². The third-order valence-corrected chi connectivity index (χ3v) is 7.04. The zero-order chi connectivity index (χ0) is 17.4. The van der Waals surface area contributed by atoms with E-state index in [0.29, 0.717) is 29.6 Å². The second kappa shape index (κ2) is 8.52. The Hall–Kier alpha value is -0.0800. The number of rotatable bonds is 6. The Morgan fingerprint density at radius 2 is 1.96 bits per heavy atom. The van der Waals surface area contributed by atoms with Crippen molar-refractivity contribution >= 4 is 29.9 Å². The molecule has 150 valence electrons. The lowest BCUT2D eigenvalue weighted by atomic mass is 9.51. The molecule has 1 aliphatic heterocycles. The minimum atomic E-state index is 0. The van der Waals surface area contributed by atoms with Crippen molar-refractivity contribution in [2.45, 2.75) is 96.0 Å². The fourth-order valence-electron chi connectivity index (χ4n) is 5.37. The highest BCUT2D eigenvalue weighted by Crippen LogP contribution is 2.57. The number of likely N-dealkylation sites (tertiary alicyclic amines) is 1. The van der Waals surface area contributed by atoms with E-state index < -0.39 is 0 Å². The first kappa shape index (κ1) is 20.6. The molecule has 1 spiro atoms. The van der Waals surface area contributed by atoms with Crippen LogP contribution in [0, 0.1) is 5.41 Å². The van der Waals surface area contributed by atoms with Gasteiger partial charge in [0.15, 0.2) is 5.96 Å². The van der Waals surface area contributed by atoms with Crippen LogP contribution in [0.5, 0.6) is 0 Å². The predicted molar refractivity (Wildman–Crippen MR) is 117 cm³/mol. The largest absolute Gasteiger partial charge is 0.378 e. The topological polar surface area (TPSA) is 48.9 Å². The van der Waals surface area contributed by atoms with Crippen molar-refractivity contribution in [3.63, 3.8) is 0 Å². The molecular formula is C20H37IN4O. The van der Waals surface area contributed by atoms with Crippen LogP contribution in [-0.2, 0) is 4.74 Å². The van der Waals surface area contributed by atoms with E-state index in [-0.39, 0.29) is 24.0 Å². The minimum Gasteiger partial charge on any atom is -0.378 e. The number of halogens is 1. The van der Waals surface area contributed by atoms with Crippen LogP contribution in [0.2, 0.25) is 0 Å². The Bertz CT molecular complexity index is 506. The molecule has 1 heterocycles. The van der Waals surface area contributed by atoms with Gasteiger partial charge in [0, 0.05) is 49.3 Å². The van der Waals surface area contributed by atoms with Gasteiger partial charge in [-0.1, -0.05) is 6.42 Å². The molecule has 3 saturated carbocycles. The molecule has 1 saturated heterocycles. The maximum Gasteiger partial charge on any atom is 0.191 e. The van der Waals surface area contributed by atoms with E-state index in [4.69, 9.17) is 9.73 Å². The van der Waals surface area contributed by atoms with Crippen LogP contribution in [0.1, 0.15) is 65.7 Å². The first-order valence-corrected chi connectivity index (χ1v) is 10.6. The van der Waals surface area contributed by atoms with Gasteiger partial charge in [0.25, 0.3) is 0 Å². The van der Waals surface area contributed by atoms with Crippen LogP contribution in [0.25, 0.3) is 0 Å². The summed E-state index contributed by atoms with van der Waals surface area (Å²) in [5.41, 5.74) is 0.384. The Balaban J connectivity index is 0.00000196. The SMILES string of the molecule is CCN=C(NC1CC(C)N(C2CC2)C1)NC1CC(OCC)C12CCC2.I. The lowest BCUT2D eigenvalue weighted by molar-refractivity contribution is -0.168. The molecule has 5 nitrogen and oxygen atoms in total. The van der Waals surface area contributed by atoms with Gasteiger partial charge in [0.05, 0.1) is 6.10 Å². The Morgan fingerprint density at radius 1 is 1.19 bits per heavy atom. The number of nitrogens with one attached hydrogen (secondary N) is 2. The van der Waals surface area contributed by atoms with Gasteiger partial charge in [0.2, 0.25) is 0 Å². The summed E-state index contributed by atoms with van der Waals surface area (Å²) in [7, 11) is 0. The summed E-state index contributed by atoms with van der Waals surface area (Å²) in [6, 6.07) is 2.64. The van der Waals surface area contributed by atoms with Crippen LogP contribution in [-0.4, -0.2) is 60.8 Å². The number of hydrogen-bond acceptors (Lipinski definition) is 3. The highest BCUT2D eigenvalue weighted by Gasteiger charge is 2.59. The van der Waals surface area contributed by atoms with Crippen LogP contribution in [0.15, 0.2) is 4.99 Å². The van der Waals surface area contributed by atoms with Crippen molar-refractivity contribution < 1.29 is 4.74 Å². The van der Waals surface area contributed by atoms with Crippen molar-refractivity contribution in [2.75, 3.05) is 19.7 Å². The molecule has 4 fully saturated rings. The lowest BCUT2D eigenvalue weighted by Crippen LogP contribution is -2.69. The van der Waals surface area contributed by atoms with Crippen LogP contribution < -0.4 is 10.6 Å². The zero-order valence-corrected chi connectivity index (χ0v) is 19.0. The van der Waals surface area contributed by atoms with E-state index in [1.165, 1.54) is 45.1 Å². The summed E-state index contributed by atoms with van der Waals surface area (Å²) in [6.07, 6.45) is 9.60. The summed E-state index contributed by atoms with van der Waals surface area (Å²) in [6.45, 7) is 9.47. The van der Waals surface area contributed by atoms with Crippen LogP contribution >= 0.6 is 24.0 Å². The average Bonchev–Trinajstić information content (AvgIpc) is 3.28. The number of aliphatic imine (C=N–C) groups is 1. The van der Waals surface area contributed by atoms with Gasteiger partial charge < -0.3 is 15.4 Å². The molecule has 0 aromatic heterocycles. The third kappa shape index (κ3) is 3.88. The van der Waals surface area contributed by atoms with Gasteiger partial charge in [-0.3, -0.25) is 9.89 Å². The molecule has 4 atom stereocenters. The highest BCUT2D eigenvalue weighted by atomic mass is 127. The van der Waals surface area contributed by atoms with Crippen LogP contribution in [0.3, 0.4) is 0 Å². The van der Waals surface area contributed by atoms with E-state index in [9.17, 15) is 0 Å². The molecule has 0 aromatic rings. The van der Waals surface area contributed by atoms with E-state index in [1.807, 2.05) is 0 Å². The van der Waals surface area contributed by atoms with E-state index in [2.05, 4.69) is 36.3 Å². The lowest BCUT2D eigenvalue weighted by Gasteiger charge is -2.61. The van der Waals surface area contributed by atoms with E-state index in [1.54, 1.807) is 0 Å². The number of hydrogen-bond donors (Lipinski definition) is 2. The Labute approximate surface area is 176 Å². The molecule has 0 radical (unpaired) electrons. The van der Waals surface area contributed by atoms with Gasteiger partial charge in [-0.2, -0.15) is 0 Å². The highest BCUT2D eigenvalue weighted by molar-refractivity contribution is 14.0. The fraction of sp³-hybridized carbons (Fsp3) is 0.950. The first-order valence-electron chi connectivity index (χ1n) is 10.6. The van der Waals surface area contributed by atoms with Crippen molar-refractivity contribution in [3.05, 3.63) is 0 Å². The standard InChI is InChI=1S/C20H36N4O.HI/c1-4-21-19(22-15-11-14(3)24(13-15)16-7-8-16)23-17-12-18(25-5-2)20(17)9-6-10-20;/h14-18H,4-13H2,1-3H3,(H2,21,22,23);1H.